The minimum absolute atomic E-state index is 0.0706. The average Bonchev–Trinajstić information content (AvgIpc) is 2.89. The molecule has 19 heavy (non-hydrogen) atoms. The van der Waals surface area contributed by atoms with E-state index in [9.17, 15) is 9.90 Å². The predicted octanol–water partition coefficient (Wildman–Crippen LogP) is 0.752. The van der Waals surface area contributed by atoms with Gasteiger partial charge in [0.1, 0.15) is 6.26 Å². The molecule has 6 nitrogen and oxygen atoms in total. The molecule has 100 valence electrons. The van der Waals surface area contributed by atoms with E-state index in [4.69, 9.17) is 4.84 Å². The molecule has 0 radical (unpaired) electrons. The van der Waals surface area contributed by atoms with Crippen molar-refractivity contribution in [2.75, 3.05) is 6.54 Å². The van der Waals surface area contributed by atoms with Crippen LogP contribution in [0.25, 0.3) is 0 Å². The van der Waals surface area contributed by atoms with Crippen LogP contribution in [0.1, 0.15) is 5.56 Å². The molecule has 0 amide bonds. The van der Waals surface area contributed by atoms with Crippen molar-refractivity contribution in [3.63, 3.8) is 0 Å². The first-order chi connectivity index (χ1) is 9.25. The topological polar surface area (TPSA) is 65.0 Å². The van der Waals surface area contributed by atoms with Crippen LogP contribution in [-0.2, 0) is 16.1 Å². The quantitative estimate of drug-likeness (QED) is 0.834. The molecule has 1 aromatic rings. The van der Waals surface area contributed by atoms with Gasteiger partial charge in [-0.25, -0.2) is 5.12 Å². The maximum absolute atomic E-state index is 11.2. The Morgan fingerprint density at radius 3 is 2.84 bits per heavy atom. The molecule has 0 saturated carbocycles. The predicted molar refractivity (Wildman–Crippen MR) is 67.0 cm³/mol. The first-order valence-corrected chi connectivity index (χ1v) is 6.16. The zero-order valence-corrected chi connectivity index (χ0v) is 10.3. The summed E-state index contributed by atoms with van der Waals surface area (Å²) >= 11 is 0. The van der Waals surface area contributed by atoms with Crippen LogP contribution in [0.15, 0.2) is 42.8 Å². The van der Waals surface area contributed by atoms with E-state index < -0.39 is 5.97 Å². The number of nitrogens with one attached hydrogen (secondary N) is 1. The zero-order valence-electron chi connectivity index (χ0n) is 10.3. The van der Waals surface area contributed by atoms with Crippen LogP contribution in [0, 0.1) is 5.92 Å². The highest BCUT2D eigenvalue weighted by Crippen LogP contribution is 2.30. The maximum Gasteiger partial charge on any atom is 0.309 e. The van der Waals surface area contributed by atoms with Gasteiger partial charge in [-0.1, -0.05) is 35.9 Å². The second-order valence-corrected chi connectivity index (χ2v) is 4.66. The van der Waals surface area contributed by atoms with Crippen LogP contribution in [-0.4, -0.2) is 33.8 Å². The molecule has 0 aliphatic carbocycles. The molecule has 2 heterocycles. The Kier molecular flexibility index (Phi) is 3.10. The summed E-state index contributed by atoms with van der Waals surface area (Å²) < 4.78 is 0. The lowest BCUT2D eigenvalue weighted by Gasteiger charge is -2.48. The Hall–Kier alpha value is -2.05. The van der Waals surface area contributed by atoms with Crippen LogP contribution >= 0.6 is 0 Å². The van der Waals surface area contributed by atoms with E-state index in [1.165, 1.54) is 6.26 Å². The highest BCUT2D eigenvalue weighted by Gasteiger charge is 2.46. The van der Waals surface area contributed by atoms with Gasteiger partial charge in [0.2, 0.25) is 0 Å². The number of hydrogen-bond acceptors (Lipinski definition) is 5. The lowest BCUT2D eigenvalue weighted by atomic mass is 9.85. The standard InChI is InChI=1S/C13H15N3O3/c17-13(18)11-9-15(16-6-7-19-14-16)12(11)8-10-4-2-1-3-5-10/h1-7,11-12,14H,8-9H2,(H,17,18). The van der Waals surface area contributed by atoms with Gasteiger partial charge in [0.25, 0.3) is 0 Å². The summed E-state index contributed by atoms with van der Waals surface area (Å²) in [5, 5.41) is 12.9. The summed E-state index contributed by atoms with van der Waals surface area (Å²) in [5.74, 6) is -1.10. The van der Waals surface area contributed by atoms with Gasteiger partial charge in [-0.2, -0.15) is 5.01 Å². The number of aliphatic carboxylic acids is 1. The average molecular weight is 261 g/mol. The Bertz CT molecular complexity index is 491. The van der Waals surface area contributed by atoms with Crippen LogP contribution in [0.5, 0.6) is 0 Å². The molecule has 6 heteroatoms. The van der Waals surface area contributed by atoms with E-state index >= 15 is 0 Å². The van der Waals surface area contributed by atoms with E-state index in [2.05, 4.69) is 5.59 Å². The molecule has 2 aliphatic rings. The van der Waals surface area contributed by atoms with Gasteiger partial charge in [-0.05, 0) is 12.0 Å². The molecule has 1 saturated heterocycles. The summed E-state index contributed by atoms with van der Waals surface area (Å²) in [6.45, 7) is 0.480. The molecule has 1 aromatic carbocycles. The summed E-state index contributed by atoms with van der Waals surface area (Å²) in [5.41, 5.74) is 3.82. The zero-order chi connectivity index (χ0) is 13.2. The third-order valence-corrected chi connectivity index (χ3v) is 3.53. The monoisotopic (exact) mass is 261 g/mol. The van der Waals surface area contributed by atoms with Crippen molar-refractivity contribution in [2.24, 2.45) is 5.92 Å². The van der Waals surface area contributed by atoms with Crippen LogP contribution in [0.4, 0.5) is 0 Å². The molecular weight excluding hydrogens is 246 g/mol. The first-order valence-electron chi connectivity index (χ1n) is 6.16. The lowest BCUT2D eigenvalue weighted by Crippen LogP contribution is -2.66. The van der Waals surface area contributed by atoms with Crippen molar-refractivity contribution >= 4 is 5.97 Å². The molecule has 1 fully saturated rings. The van der Waals surface area contributed by atoms with Crippen molar-refractivity contribution < 1.29 is 14.7 Å². The highest BCUT2D eigenvalue weighted by atomic mass is 16.7. The Labute approximate surface area is 110 Å². The third kappa shape index (κ3) is 2.27. The van der Waals surface area contributed by atoms with E-state index in [1.807, 2.05) is 35.3 Å². The van der Waals surface area contributed by atoms with E-state index in [0.29, 0.717) is 13.0 Å². The largest absolute Gasteiger partial charge is 0.481 e. The Morgan fingerprint density at radius 2 is 2.21 bits per heavy atom. The lowest BCUT2D eigenvalue weighted by molar-refractivity contribution is -0.202. The van der Waals surface area contributed by atoms with Gasteiger partial charge >= 0.3 is 5.97 Å². The molecule has 2 atom stereocenters. The molecule has 2 N–H and O–H groups in total. The SMILES string of the molecule is O=C(O)C1CN(N2C=CON2)C1Cc1ccccc1. The number of nitrogens with zero attached hydrogens (tertiary/aromatic N) is 2. The number of rotatable bonds is 4. The smallest absolute Gasteiger partial charge is 0.309 e. The number of carboxylic acids is 1. The minimum Gasteiger partial charge on any atom is -0.481 e. The van der Waals surface area contributed by atoms with Gasteiger partial charge in [0.15, 0.2) is 0 Å². The van der Waals surface area contributed by atoms with E-state index in [0.717, 1.165) is 5.56 Å². The van der Waals surface area contributed by atoms with Gasteiger partial charge < -0.3 is 9.94 Å². The number of hydrogen-bond donors (Lipinski definition) is 2. The number of hydrazine groups is 2. The number of carboxylic acid groups (broad SMARTS) is 1. The second kappa shape index (κ2) is 4.91. The van der Waals surface area contributed by atoms with Crippen molar-refractivity contribution in [1.29, 1.82) is 0 Å². The molecule has 0 aromatic heterocycles. The van der Waals surface area contributed by atoms with E-state index in [1.54, 1.807) is 11.3 Å². The number of benzene rings is 1. The highest BCUT2D eigenvalue weighted by molar-refractivity contribution is 5.72. The molecule has 0 spiro atoms. The van der Waals surface area contributed by atoms with Crippen LogP contribution in [0.2, 0.25) is 0 Å². The minimum atomic E-state index is -0.749. The fourth-order valence-corrected chi connectivity index (χ4v) is 2.46. The van der Waals surface area contributed by atoms with Crippen molar-refractivity contribution in [3.8, 4) is 0 Å². The summed E-state index contributed by atoms with van der Waals surface area (Å²) in [4.78, 5) is 16.1. The molecular formula is C13H15N3O3. The second-order valence-electron chi connectivity index (χ2n) is 4.66. The molecule has 0 bridgehead atoms. The summed E-state index contributed by atoms with van der Waals surface area (Å²) in [7, 11) is 0. The van der Waals surface area contributed by atoms with Crippen LogP contribution < -0.4 is 5.59 Å². The van der Waals surface area contributed by atoms with Gasteiger partial charge in [-0.15, -0.1) is 0 Å². The van der Waals surface area contributed by atoms with Crippen molar-refractivity contribution in [3.05, 3.63) is 48.4 Å². The van der Waals surface area contributed by atoms with Gasteiger partial charge in [-0.3, -0.25) is 4.79 Å². The number of carbonyl (C=O) groups is 1. The molecule has 2 unspecified atom stereocenters. The van der Waals surface area contributed by atoms with Crippen molar-refractivity contribution in [2.45, 2.75) is 12.5 Å². The van der Waals surface area contributed by atoms with E-state index in [-0.39, 0.29) is 12.0 Å². The van der Waals surface area contributed by atoms with Gasteiger partial charge in [0.05, 0.1) is 12.1 Å². The third-order valence-electron chi connectivity index (χ3n) is 3.53. The fourth-order valence-electron chi connectivity index (χ4n) is 2.46. The van der Waals surface area contributed by atoms with Gasteiger partial charge in [0, 0.05) is 12.6 Å². The first kappa shape index (κ1) is 12.0. The van der Waals surface area contributed by atoms with Crippen LogP contribution in [0.3, 0.4) is 0 Å². The Morgan fingerprint density at radius 1 is 1.42 bits per heavy atom. The normalized spacial score (nSPS) is 26.0. The Balaban J connectivity index is 1.73. The molecule has 2 aliphatic heterocycles. The maximum atomic E-state index is 11.2. The summed E-state index contributed by atoms with van der Waals surface area (Å²) in [6.07, 6.45) is 3.95. The fraction of sp³-hybridized carbons (Fsp3) is 0.308. The molecule has 3 rings (SSSR count). The van der Waals surface area contributed by atoms with Crippen molar-refractivity contribution in [1.82, 2.24) is 15.7 Å². The summed E-state index contributed by atoms with van der Waals surface area (Å²) in [6, 6.07) is 9.84.